The summed E-state index contributed by atoms with van der Waals surface area (Å²) in [4.78, 5) is 15.5. The second kappa shape index (κ2) is 7.01. The Bertz CT molecular complexity index is 591. The highest BCUT2D eigenvalue weighted by atomic mass is 19.4. The van der Waals surface area contributed by atoms with Gasteiger partial charge in [-0.3, -0.25) is 4.90 Å². The molecule has 0 aromatic heterocycles. The van der Waals surface area contributed by atoms with Crippen molar-refractivity contribution in [2.45, 2.75) is 31.5 Å². The van der Waals surface area contributed by atoms with Crippen LogP contribution >= 0.6 is 0 Å². The molecule has 0 bridgehead atoms. The minimum absolute atomic E-state index is 0.00299. The van der Waals surface area contributed by atoms with E-state index in [1.807, 2.05) is 18.2 Å². The van der Waals surface area contributed by atoms with Crippen molar-refractivity contribution in [2.24, 2.45) is 0 Å². The van der Waals surface area contributed by atoms with Crippen molar-refractivity contribution in [2.75, 3.05) is 32.7 Å². The highest BCUT2D eigenvalue weighted by Crippen LogP contribution is 2.30. The van der Waals surface area contributed by atoms with Crippen LogP contribution in [0.3, 0.4) is 0 Å². The van der Waals surface area contributed by atoms with Gasteiger partial charge >= 0.3 is 12.2 Å². The maximum atomic E-state index is 12.5. The second-order valence-corrected chi connectivity index (χ2v) is 6.47. The fourth-order valence-electron chi connectivity index (χ4n) is 3.53. The molecule has 0 spiro atoms. The maximum Gasteiger partial charge on any atom is 0.401 e. The number of urea groups is 1. The summed E-state index contributed by atoms with van der Waals surface area (Å²) in [6.07, 6.45) is -1.81. The van der Waals surface area contributed by atoms with Gasteiger partial charge in [0.1, 0.15) is 0 Å². The Kier molecular flexibility index (Phi) is 4.99. The van der Waals surface area contributed by atoms with E-state index in [1.165, 1.54) is 10.5 Å². The van der Waals surface area contributed by atoms with Crippen LogP contribution in [0.25, 0.3) is 0 Å². The van der Waals surface area contributed by atoms with E-state index in [0.717, 1.165) is 18.4 Å². The molecule has 24 heavy (non-hydrogen) atoms. The van der Waals surface area contributed by atoms with Crippen LogP contribution in [0, 0.1) is 0 Å². The van der Waals surface area contributed by atoms with Crippen molar-refractivity contribution in [3.8, 4) is 0 Å². The first-order chi connectivity index (χ1) is 11.4. The largest absolute Gasteiger partial charge is 0.401 e. The number of amides is 2. The SMILES string of the molecule is O=C(NC1CCc2ccccc21)N1CCCN(CC(F)(F)F)CC1. The number of nitrogens with one attached hydrogen (secondary N) is 1. The fourth-order valence-corrected chi connectivity index (χ4v) is 3.53. The first-order valence-electron chi connectivity index (χ1n) is 8.35. The molecule has 1 N–H and O–H groups in total. The van der Waals surface area contributed by atoms with Crippen molar-refractivity contribution in [1.29, 1.82) is 0 Å². The van der Waals surface area contributed by atoms with Crippen LogP contribution in [0.5, 0.6) is 0 Å². The van der Waals surface area contributed by atoms with Crippen molar-refractivity contribution >= 4 is 6.03 Å². The zero-order valence-corrected chi connectivity index (χ0v) is 13.5. The van der Waals surface area contributed by atoms with Crippen molar-refractivity contribution in [1.82, 2.24) is 15.1 Å². The van der Waals surface area contributed by atoms with Gasteiger partial charge in [-0.25, -0.2) is 4.79 Å². The van der Waals surface area contributed by atoms with Gasteiger partial charge in [0, 0.05) is 26.2 Å². The fraction of sp³-hybridized carbons (Fsp3) is 0.588. The number of carbonyl (C=O) groups is 1. The van der Waals surface area contributed by atoms with Crippen LogP contribution in [-0.4, -0.2) is 54.7 Å². The quantitative estimate of drug-likeness (QED) is 0.898. The maximum absolute atomic E-state index is 12.5. The Balaban J connectivity index is 1.55. The molecule has 0 radical (unpaired) electrons. The predicted molar refractivity (Wildman–Crippen MR) is 84.7 cm³/mol. The lowest BCUT2D eigenvalue weighted by Gasteiger charge is -2.25. The van der Waals surface area contributed by atoms with E-state index in [2.05, 4.69) is 11.4 Å². The average molecular weight is 341 g/mol. The van der Waals surface area contributed by atoms with Crippen LogP contribution in [0.15, 0.2) is 24.3 Å². The number of hydrogen-bond acceptors (Lipinski definition) is 2. The number of alkyl halides is 3. The van der Waals surface area contributed by atoms with Gasteiger partial charge in [-0.05, 0) is 30.4 Å². The number of carbonyl (C=O) groups excluding carboxylic acids is 1. The van der Waals surface area contributed by atoms with Crippen LogP contribution in [0.2, 0.25) is 0 Å². The molecule has 1 aromatic carbocycles. The van der Waals surface area contributed by atoms with Gasteiger partial charge in [0.15, 0.2) is 0 Å². The third kappa shape index (κ3) is 4.20. The molecule has 1 heterocycles. The molecule has 2 amide bonds. The smallest absolute Gasteiger partial charge is 0.331 e. The molecule has 1 aliphatic heterocycles. The average Bonchev–Trinajstić information content (AvgIpc) is 2.77. The van der Waals surface area contributed by atoms with Crippen LogP contribution in [0.4, 0.5) is 18.0 Å². The predicted octanol–water partition coefficient (Wildman–Crippen LogP) is 2.95. The van der Waals surface area contributed by atoms with E-state index in [1.54, 1.807) is 4.90 Å². The number of hydrogen-bond donors (Lipinski definition) is 1. The lowest BCUT2D eigenvalue weighted by molar-refractivity contribution is -0.145. The van der Waals surface area contributed by atoms with Gasteiger partial charge in [0.25, 0.3) is 0 Å². The molecule has 1 aliphatic carbocycles. The molecule has 1 unspecified atom stereocenters. The molecular weight excluding hydrogens is 319 g/mol. The van der Waals surface area contributed by atoms with Crippen molar-refractivity contribution < 1.29 is 18.0 Å². The number of aryl methyl sites for hydroxylation is 1. The van der Waals surface area contributed by atoms with Crippen molar-refractivity contribution in [3.63, 3.8) is 0 Å². The van der Waals surface area contributed by atoms with E-state index in [4.69, 9.17) is 0 Å². The van der Waals surface area contributed by atoms with Gasteiger partial charge in [-0.15, -0.1) is 0 Å². The molecule has 1 aromatic rings. The van der Waals surface area contributed by atoms with E-state index in [0.29, 0.717) is 26.1 Å². The summed E-state index contributed by atoms with van der Waals surface area (Å²) < 4.78 is 37.5. The van der Waals surface area contributed by atoms with Gasteiger partial charge in [0.05, 0.1) is 12.6 Å². The highest BCUT2D eigenvalue weighted by molar-refractivity contribution is 5.75. The molecule has 0 saturated carbocycles. The molecule has 2 aliphatic rings. The summed E-state index contributed by atoms with van der Waals surface area (Å²) in [6, 6.07) is 7.88. The zero-order valence-electron chi connectivity index (χ0n) is 13.5. The highest BCUT2D eigenvalue weighted by Gasteiger charge is 2.32. The molecule has 1 saturated heterocycles. The Hall–Kier alpha value is -1.76. The van der Waals surface area contributed by atoms with Crippen LogP contribution < -0.4 is 5.32 Å². The Morgan fingerprint density at radius 2 is 1.96 bits per heavy atom. The minimum Gasteiger partial charge on any atom is -0.331 e. The molecule has 132 valence electrons. The second-order valence-electron chi connectivity index (χ2n) is 6.47. The van der Waals surface area contributed by atoms with Gasteiger partial charge < -0.3 is 10.2 Å². The summed E-state index contributed by atoms with van der Waals surface area (Å²) >= 11 is 0. The summed E-state index contributed by atoms with van der Waals surface area (Å²) in [7, 11) is 0. The molecule has 1 fully saturated rings. The van der Waals surface area contributed by atoms with Crippen LogP contribution in [-0.2, 0) is 6.42 Å². The summed E-state index contributed by atoms with van der Waals surface area (Å²) in [5.74, 6) is 0. The Labute approximate surface area is 139 Å². The number of rotatable bonds is 2. The molecule has 4 nitrogen and oxygen atoms in total. The number of halogens is 3. The number of nitrogens with zero attached hydrogens (tertiary/aromatic N) is 2. The van der Waals surface area contributed by atoms with Gasteiger partial charge in [-0.1, -0.05) is 24.3 Å². The minimum atomic E-state index is -4.19. The molecule has 1 atom stereocenters. The first-order valence-corrected chi connectivity index (χ1v) is 8.35. The molecular formula is C17H22F3N3O. The first kappa shape index (κ1) is 17.1. The molecule has 3 rings (SSSR count). The Morgan fingerprint density at radius 3 is 2.75 bits per heavy atom. The topological polar surface area (TPSA) is 35.6 Å². The number of benzene rings is 1. The third-order valence-electron chi connectivity index (χ3n) is 4.71. The van der Waals surface area contributed by atoms with Gasteiger partial charge in [0.2, 0.25) is 0 Å². The summed E-state index contributed by atoms with van der Waals surface area (Å²) in [6.45, 7) is 0.549. The number of fused-ring (bicyclic) bond motifs is 1. The summed E-state index contributed by atoms with van der Waals surface area (Å²) in [5, 5.41) is 3.04. The third-order valence-corrected chi connectivity index (χ3v) is 4.71. The lowest BCUT2D eigenvalue weighted by atomic mass is 10.1. The standard InChI is InChI=1S/C17H22F3N3O/c18-17(19,20)12-22-8-3-9-23(11-10-22)16(24)21-15-7-6-13-4-1-2-5-14(13)15/h1-2,4-5,15H,3,6-12H2,(H,21,24). The van der Waals surface area contributed by atoms with E-state index in [-0.39, 0.29) is 18.6 Å². The molecule has 7 heteroatoms. The van der Waals surface area contributed by atoms with E-state index >= 15 is 0 Å². The summed E-state index contributed by atoms with van der Waals surface area (Å²) in [5.41, 5.74) is 2.41. The van der Waals surface area contributed by atoms with Crippen molar-refractivity contribution in [3.05, 3.63) is 35.4 Å². The van der Waals surface area contributed by atoms with Crippen LogP contribution in [0.1, 0.15) is 30.0 Å². The zero-order chi connectivity index (χ0) is 17.2. The monoisotopic (exact) mass is 341 g/mol. The van der Waals surface area contributed by atoms with E-state index < -0.39 is 12.7 Å². The lowest BCUT2D eigenvalue weighted by Crippen LogP contribution is -2.43. The normalized spacial score (nSPS) is 22.1. The van der Waals surface area contributed by atoms with E-state index in [9.17, 15) is 18.0 Å². The van der Waals surface area contributed by atoms with Gasteiger partial charge in [-0.2, -0.15) is 13.2 Å². The Morgan fingerprint density at radius 1 is 1.17 bits per heavy atom.